The summed E-state index contributed by atoms with van der Waals surface area (Å²) >= 11 is 0. The van der Waals surface area contributed by atoms with Crippen molar-refractivity contribution in [2.45, 2.75) is 6.04 Å². The Balaban J connectivity index is 1.43. The van der Waals surface area contributed by atoms with Crippen LogP contribution in [0.25, 0.3) is 17.0 Å². The third-order valence-corrected chi connectivity index (χ3v) is 5.02. The number of furan rings is 1. The van der Waals surface area contributed by atoms with Crippen LogP contribution in [-0.2, 0) is 9.53 Å². The van der Waals surface area contributed by atoms with Crippen molar-refractivity contribution < 1.29 is 13.9 Å². The number of nitrogens with zero attached hydrogens (tertiary/aromatic N) is 1. The highest BCUT2D eigenvalue weighted by atomic mass is 16.5. The van der Waals surface area contributed by atoms with Gasteiger partial charge in [-0.3, -0.25) is 14.5 Å². The summed E-state index contributed by atoms with van der Waals surface area (Å²) in [5.74, 6) is 0.546. The minimum Gasteiger partial charge on any atom is -0.468 e. The molecule has 1 aliphatic heterocycles. The minimum atomic E-state index is -0.262. The first-order chi connectivity index (χ1) is 14.2. The van der Waals surface area contributed by atoms with Gasteiger partial charge < -0.3 is 19.5 Å². The highest BCUT2D eigenvalue weighted by Crippen LogP contribution is 2.21. The average molecular weight is 393 g/mol. The first kappa shape index (κ1) is 19.2. The van der Waals surface area contributed by atoms with E-state index in [0.29, 0.717) is 25.3 Å². The molecule has 29 heavy (non-hydrogen) atoms. The molecule has 3 heterocycles. The number of ether oxygens (including phenoxy) is 1. The maximum Gasteiger partial charge on any atom is 0.255 e. The van der Waals surface area contributed by atoms with Gasteiger partial charge in [0.1, 0.15) is 5.76 Å². The van der Waals surface area contributed by atoms with Gasteiger partial charge in [-0.25, -0.2) is 0 Å². The number of carbonyl (C=O) groups excluding carboxylic acids is 1. The molecular weight excluding hydrogens is 370 g/mol. The molecule has 2 N–H and O–H groups in total. The van der Waals surface area contributed by atoms with Gasteiger partial charge in [0.2, 0.25) is 5.91 Å². The smallest absolute Gasteiger partial charge is 0.255 e. The van der Waals surface area contributed by atoms with E-state index in [1.54, 1.807) is 12.3 Å². The number of benzene rings is 1. The Hall–Kier alpha value is -3.16. The van der Waals surface area contributed by atoms with Crippen molar-refractivity contribution in [2.24, 2.45) is 0 Å². The Bertz CT molecular complexity index is 1050. The zero-order valence-corrected chi connectivity index (χ0v) is 16.0. The van der Waals surface area contributed by atoms with E-state index in [1.165, 1.54) is 12.2 Å². The Labute approximate surface area is 168 Å². The number of carbonyl (C=O) groups is 1. The third kappa shape index (κ3) is 4.64. The van der Waals surface area contributed by atoms with Crippen molar-refractivity contribution >= 4 is 22.9 Å². The van der Waals surface area contributed by atoms with Gasteiger partial charge in [0.15, 0.2) is 0 Å². The predicted molar refractivity (Wildman–Crippen MR) is 110 cm³/mol. The molecule has 150 valence electrons. The van der Waals surface area contributed by atoms with Crippen LogP contribution in [-0.4, -0.2) is 48.6 Å². The molecule has 7 heteroatoms. The van der Waals surface area contributed by atoms with Gasteiger partial charge in [0.05, 0.1) is 25.5 Å². The van der Waals surface area contributed by atoms with E-state index in [2.05, 4.69) is 15.2 Å². The lowest BCUT2D eigenvalue weighted by Gasteiger charge is -2.33. The number of aromatic amines is 1. The second kappa shape index (κ2) is 8.89. The van der Waals surface area contributed by atoms with Crippen LogP contribution in [0.4, 0.5) is 0 Å². The monoisotopic (exact) mass is 393 g/mol. The van der Waals surface area contributed by atoms with E-state index in [4.69, 9.17) is 9.15 Å². The van der Waals surface area contributed by atoms with Crippen molar-refractivity contribution in [3.05, 3.63) is 76.5 Å². The van der Waals surface area contributed by atoms with Crippen LogP contribution in [0.3, 0.4) is 0 Å². The molecule has 3 aromatic rings. The number of amides is 1. The first-order valence-corrected chi connectivity index (χ1v) is 9.64. The number of para-hydroxylation sites is 1. The second-order valence-electron chi connectivity index (χ2n) is 6.90. The number of hydrogen-bond acceptors (Lipinski definition) is 5. The molecule has 1 atom stereocenters. The highest BCUT2D eigenvalue weighted by Gasteiger charge is 2.24. The lowest BCUT2D eigenvalue weighted by atomic mass is 10.1. The Kier molecular flexibility index (Phi) is 5.88. The van der Waals surface area contributed by atoms with Crippen LogP contribution in [0.15, 0.2) is 64.0 Å². The zero-order valence-electron chi connectivity index (χ0n) is 16.0. The van der Waals surface area contributed by atoms with Crippen molar-refractivity contribution in [2.75, 3.05) is 32.8 Å². The van der Waals surface area contributed by atoms with E-state index in [9.17, 15) is 9.59 Å². The van der Waals surface area contributed by atoms with Gasteiger partial charge in [0, 0.05) is 36.8 Å². The van der Waals surface area contributed by atoms with Crippen LogP contribution in [0.2, 0.25) is 0 Å². The quantitative estimate of drug-likeness (QED) is 0.628. The topological polar surface area (TPSA) is 87.6 Å². The van der Waals surface area contributed by atoms with Crippen LogP contribution >= 0.6 is 0 Å². The number of pyridine rings is 1. The maximum absolute atomic E-state index is 12.4. The molecule has 1 aromatic carbocycles. The van der Waals surface area contributed by atoms with Crippen LogP contribution < -0.4 is 10.9 Å². The van der Waals surface area contributed by atoms with Gasteiger partial charge in [-0.1, -0.05) is 18.2 Å². The van der Waals surface area contributed by atoms with E-state index in [1.807, 2.05) is 36.4 Å². The SMILES string of the molecule is O=C(/C=C/c1cc2ccccc2[nH]c1=O)NCC(c1ccco1)N1CCOCC1. The molecule has 4 rings (SSSR count). The second-order valence-corrected chi connectivity index (χ2v) is 6.90. The first-order valence-electron chi connectivity index (χ1n) is 9.64. The standard InChI is InChI=1S/C22H23N3O4/c26-21(8-7-17-14-16-4-1-2-5-18(16)24-22(17)27)23-15-19(20-6-3-11-29-20)25-9-12-28-13-10-25/h1-8,11,14,19H,9-10,12-13,15H2,(H,23,26)(H,24,27)/b8-7+. The molecule has 7 nitrogen and oxygen atoms in total. The summed E-state index contributed by atoms with van der Waals surface area (Å²) in [6.45, 7) is 3.30. The van der Waals surface area contributed by atoms with Gasteiger partial charge in [-0.2, -0.15) is 0 Å². The lowest BCUT2D eigenvalue weighted by molar-refractivity contribution is -0.116. The largest absolute Gasteiger partial charge is 0.468 e. The zero-order chi connectivity index (χ0) is 20.1. The normalized spacial score (nSPS) is 16.3. The van der Waals surface area contributed by atoms with Crippen molar-refractivity contribution in [3.8, 4) is 0 Å². The van der Waals surface area contributed by atoms with Gasteiger partial charge >= 0.3 is 0 Å². The number of hydrogen-bond donors (Lipinski definition) is 2. The van der Waals surface area contributed by atoms with Gasteiger partial charge in [-0.15, -0.1) is 0 Å². The fraction of sp³-hybridized carbons (Fsp3) is 0.273. The molecule has 1 aliphatic rings. The van der Waals surface area contributed by atoms with E-state index < -0.39 is 0 Å². The molecule has 1 unspecified atom stereocenters. The fourth-order valence-corrected chi connectivity index (χ4v) is 3.49. The minimum absolute atomic E-state index is 0.0599. The maximum atomic E-state index is 12.4. The molecule has 0 spiro atoms. The number of H-pyrrole nitrogens is 1. The van der Waals surface area contributed by atoms with Gasteiger partial charge in [-0.05, 0) is 35.7 Å². The molecule has 1 fully saturated rings. The number of fused-ring (bicyclic) bond motifs is 1. The third-order valence-electron chi connectivity index (χ3n) is 5.02. The van der Waals surface area contributed by atoms with Crippen molar-refractivity contribution in [3.63, 3.8) is 0 Å². The summed E-state index contributed by atoms with van der Waals surface area (Å²) in [6, 6.07) is 13.0. The average Bonchev–Trinajstić information content (AvgIpc) is 3.28. The molecule has 2 aromatic heterocycles. The van der Waals surface area contributed by atoms with Crippen LogP contribution in [0.1, 0.15) is 17.4 Å². The summed E-state index contributed by atoms with van der Waals surface area (Å²) in [5, 5.41) is 3.83. The Morgan fingerprint density at radius 2 is 2.03 bits per heavy atom. The van der Waals surface area contributed by atoms with E-state index >= 15 is 0 Å². The fourth-order valence-electron chi connectivity index (χ4n) is 3.49. The Morgan fingerprint density at radius 1 is 1.21 bits per heavy atom. The van der Waals surface area contributed by atoms with Crippen LogP contribution in [0.5, 0.6) is 0 Å². The highest BCUT2D eigenvalue weighted by molar-refractivity contribution is 5.92. The van der Waals surface area contributed by atoms with E-state index in [0.717, 1.165) is 29.8 Å². The molecule has 0 radical (unpaired) electrons. The number of morpholine rings is 1. The molecular formula is C22H23N3O4. The van der Waals surface area contributed by atoms with Crippen molar-refractivity contribution in [1.82, 2.24) is 15.2 Å². The summed E-state index contributed by atoms with van der Waals surface area (Å²) in [7, 11) is 0. The number of rotatable bonds is 6. The summed E-state index contributed by atoms with van der Waals surface area (Å²) in [5.41, 5.74) is 0.982. The number of aromatic nitrogens is 1. The lowest BCUT2D eigenvalue weighted by Crippen LogP contribution is -2.43. The van der Waals surface area contributed by atoms with E-state index in [-0.39, 0.29) is 17.5 Å². The summed E-state index contributed by atoms with van der Waals surface area (Å²) < 4.78 is 11.0. The molecule has 0 aliphatic carbocycles. The summed E-state index contributed by atoms with van der Waals surface area (Å²) in [4.78, 5) is 29.6. The number of nitrogens with one attached hydrogen (secondary N) is 2. The van der Waals surface area contributed by atoms with Gasteiger partial charge in [0.25, 0.3) is 5.56 Å². The molecule has 0 bridgehead atoms. The molecule has 0 saturated carbocycles. The Morgan fingerprint density at radius 3 is 2.83 bits per heavy atom. The molecule has 1 saturated heterocycles. The predicted octanol–water partition coefficient (Wildman–Crippen LogP) is 2.32. The summed E-state index contributed by atoms with van der Waals surface area (Å²) in [6.07, 6.45) is 4.56. The molecule has 1 amide bonds. The van der Waals surface area contributed by atoms with Crippen molar-refractivity contribution in [1.29, 1.82) is 0 Å². The van der Waals surface area contributed by atoms with Crippen LogP contribution in [0, 0.1) is 0 Å².